The van der Waals surface area contributed by atoms with Gasteiger partial charge in [0.15, 0.2) is 0 Å². The van der Waals surface area contributed by atoms with Crippen LogP contribution in [-0.4, -0.2) is 29.9 Å². The molecule has 8 heteroatoms. The van der Waals surface area contributed by atoms with Gasteiger partial charge in [0, 0.05) is 13.5 Å². The minimum absolute atomic E-state index is 0.320. The molecule has 0 fully saturated rings. The number of carbonyl (C=O) groups is 1. The van der Waals surface area contributed by atoms with Gasteiger partial charge in [-0.2, -0.15) is 0 Å². The highest BCUT2D eigenvalue weighted by molar-refractivity contribution is 7.13. The first-order valence-corrected chi connectivity index (χ1v) is 7.02. The molecule has 0 aromatic carbocycles. The maximum absolute atomic E-state index is 11.9. The van der Waals surface area contributed by atoms with Crippen LogP contribution in [0.1, 0.15) is 24.5 Å². The van der Waals surface area contributed by atoms with Crippen molar-refractivity contribution in [3.05, 3.63) is 29.2 Å². The summed E-state index contributed by atoms with van der Waals surface area (Å²) in [7, 11) is 1.57. The van der Waals surface area contributed by atoms with Gasteiger partial charge in [-0.05, 0) is 12.1 Å². The van der Waals surface area contributed by atoms with Crippen molar-refractivity contribution in [2.75, 3.05) is 19.0 Å². The first-order chi connectivity index (χ1) is 9.72. The summed E-state index contributed by atoms with van der Waals surface area (Å²) in [6.07, 6.45) is 0.802. The standard InChI is InChI=1S/C12H16N4O3S/c1-3-8-4-5-10(19-8)9(6-18-2)14-11(17)15-12-16-13-7-20-12/h4-5,7,9H,3,6H2,1-2H3,(H2,14,15,16,17). The van der Waals surface area contributed by atoms with Gasteiger partial charge in [-0.15, -0.1) is 10.2 Å². The summed E-state index contributed by atoms with van der Waals surface area (Å²) in [6.45, 7) is 2.32. The monoisotopic (exact) mass is 296 g/mol. The quantitative estimate of drug-likeness (QED) is 0.853. The molecule has 0 saturated carbocycles. The highest BCUT2D eigenvalue weighted by Crippen LogP contribution is 2.18. The van der Waals surface area contributed by atoms with Crippen molar-refractivity contribution in [3.63, 3.8) is 0 Å². The van der Waals surface area contributed by atoms with Crippen molar-refractivity contribution < 1.29 is 13.9 Å². The van der Waals surface area contributed by atoms with Crippen LogP contribution in [0.3, 0.4) is 0 Å². The highest BCUT2D eigenvalue weighted by atomic mass is 32.1. The van der Waals surface area contributed by atoms with Gasteiger partial charge in [0.05, 0.1) is 6.61 Å². The van der Waals surface area contributed by atoms with Crippen LogP contribution >= 0.6 is 11.3 Å². The molecule has 2 amide bonds. The molecule has 2 heterocycles. The molecule has 0 aliphatic heterocycles. The molecule has 0 spiro atoms. The first-order valence-electron chi connectivity index (χ1n) is 6.14. The number of amides is 2. The summed E-state index contributed by atoms with van der Waals surface area (Å²) in [4.78, 5) is 11.9. The number of aromatic nitrogens is 2. The predicted molar refractivity (Wildman–Crippen MR) is 74.8 cm³/mol. The van der Waals surface area contributed by atoms with Gasteiger partial charge in [-0.25, -0.2) is 4.79 Å². The fraction of sp³-hybridized carbons (Fsp3) is 0.417. The number of nitrogens with zero attached hydrogens (tertiary/aromatic N) is 2. The molecule has 2 N–H and O–H groups in total. The molecule has 7 nitrogen and oxygen atoms in total. The molecular weight excluding hydrogens is 280 g/mol. The topological polar surface area (TPSA) is 89.3 Å². The van der Waals surface area contributed by atoms with Gasteiger partial charge in [0.2, 0.25) is 5.13 Å². The minimum atomic E-state index is -0.377. The van der Waals surface area contributed by atoms with Crippen molar-refractivity contribution in [3.8, 4) is 0 Å². The second kappa shape index (κ2) is 7.01. The van der Waals surface area contributed by atoms with Crippen molar-refractivity contribution in [1.29, 1.82) is 0 Å². The average molecular weight is 296 g/mol. The number of ether oxygens (including phenoxy) is 1. The van der Waals surface area contributed by atoms with Crippen LogP contribution in [0.25, 0.3) is 0 Å². The number of urea groups is 1. The molecule has 0 aliphatic carbocycles. The SMILES string of the molecule is CCc1ccc(C(COC)NC(=O)Nc2nncs2)o1. The molecule has 0 bridgehead atoms. The fourth-order valence-electron chi connectivity index (χ4n) is 1.65. The maximum atomic E-state index is 11.9. The lowest BCUT2D eigenvalue weighted by Crippen LogP contribution is -2.34. The van der Waals surface area contributed by atoms with Crippen LogP contribution in [0.2, 0.25) is 0 Å². The minimum Gasteiger partial charge on any atom is -0.464 e. The molecule has 108 valence electrons. The van der Waals surface area contributed by atoms with E-state index in [1.54, 1.807) is 12.6 Å². The molecule has 1 atom stereocenters. The van der Waals surface area contributed by atoms with Gasteiger partial charge in [0.1, 0.15) is 23.1 Å². The third kappa shape index (κ3) is 3.78. The second-order valence-electron chi connectivity index (χ2n) is 4.01. The van der Waals surface area contributed by atoms with Gasteiger partial charge in [-0.1, -0.05) is 18.3 Å². The Bertz CT molecular complexity index is 541. The summed E-state index contributed by atoms with van der Waals surface area (Å²) >= 11 is 1.25. The van der Waals surface area contributed by atoms with Crippen LogP contribution < -0.4 is 10.6 Å². The van der Waals surface area contributed by atoms with Gasteiger partial charge in [-0.3, -0.25) is 5.32 Å². The van der Waals surface area contributed by atoms with E-state index in [1.807, 2.05) is 19.1 Å². The lowest BCUT2D eigenvalue weighted by Gasteiger charge is -2.15. The number of nitrogens with one attached hydrogen (secondary N) is 2. The summed E-state index contributed by atoms with van der Waals surface area (Å²) in [5.74, 6) is 1.53. The molecular formula is C12H16N4O3S. The van der Waals surface area contributed by atoms with Crippen molar-refractivity contribution in [2.45, 2.75) is 19.4 Å². The molecule has 2 aromatic heterocycles. The number of hydrogen-bond donors (Lipinski definition) is 2. The van der Waals surface area contributed by atoms with E-state index in [0.29, 0.717) is 17.5 Å². The Morgan fingerprint density at radius 3 is 3.00 bits per heavy atom. The van der Waals surface area contributed by atoms with Gasteiger partial charge in [0.25, 0.3) is 0 Å². The number of rotatable bonds is 6. The lowest BCUT2D eigenvalue weighted by molar-refractivity contribution is 0.158. The second-order valence-corrected chi connectivity index (χ2v) is 4.84. The largest absolute Gasteiger partial charge is 0.464 e. The molecule has 2 aromatic rings. The number of aryl methyl sites for hydroxylation is 1. The Labute approximate surface area is 120 Å². The van der Waals surface area contributed by atoms with E-state index in [0.717, 1.165) is 12.2 Å². The number of methoxy groups -OCH3 is 1. The molecule has 0 radical (unpaired) electrons. The number of anilines is 1. The zero-order valence-electron chi connectivity index (χ0n) is 11.3. The van der Waals surface area contributed by atoms with Gasteiger partial charge >= 0.3 is 6.03 Å². The number of carbonyl (C=O) groups excluding carboxylic acids is 1. The van der Waals surface area contributed by atoms with Crippen molar-refractivity contribution in [2.24, 2.45) is 0 Å². The summed E-state index contributed by atoms with van der Waals surface area (Å²) in [5.41, 5.74) is 1.54. The van der Waals surface area contributed by atoms with E-state index in [2.05, 4.69) is 20.8 Å². The average Bonchev–Trinajstić information content (AvgIpc) is 3.08. The van der Waals surface area contributed by atoms with E-state index >= 15 is 0 Å². The Kier molecular flexibility index (Phi) is 5.08. The fourth-order valence-corrected chi connectivity index (χ4v) is 2.09. The van der Waals surface area contributed by atoms with Crippen molar-refractivity contribution in [1.82, 2.24) is 15.5 Å². The van der Waals surface area contributed by atoms with E-state index in [4.69, 9.17) is 9.15 Å². The maximum Gasteiger partial charge on any atom is 0.321 e. The van der Waals surface area contributed by atoms with E-state index in [-0.39, 0.29) is 12.1 Å². The number of hydrogen-bond acceptors (Lipinski definition) is 6. The normalized spacial score (nSPS) is 12.1. The lowest BCUT2D eigenvalue weighted by atomic mass is 10.2. The van der Waals surface area contributed by atoms with E-state index < -0.39 is 0 Å². The van der Waals surface area contributed by atoms with Gasteiger partial charge < -0.3 is 14.5 Å². The Morgan fingerprint density at radius 1 is 1.55 bits per heavy atom. The van der Waals surface area contributed by atoms with Crippen LogP contribution in [0.5, 0.6) is 0 Å². The third-order valence-electron chi connectivity index (χ3n) is 2.59. The van der Waals surface area contributed by atoms with Crippen molar-refractivity contribution >= 4 is 22.5 Å². The molecule has 2 rings (SSSR count). The number of furan rings is 1. The summed E-state index contributed by atoms with van der Waals surface area (Å²) in [6, 6.07) is 3.00. The summed E-state index contributed by atoms with van der Waals surface area (Å²) < 4.78 is 10.7. The van der Waals surface area contributed by atoms with Crippen LogP contribution in [0, 0.1) is 0 Å². The van der Waals surface area contributed by atoms with E-state index in [9.17, 15) is 4.79 Å². The Morgan fingerprint density at radius 2 is 2.40 bits per heavy atom. The van der Waals surface area contributed by atoms with Crippen LogP contribution in [0.4, 0.5) is 9.93 Å². The third-order valence-corrected chi connectivity index (χ3v) is 3.20. The zero-order chi connectivity index (χ0) is 14.4. The zero-order valence-corrected chi connectivity index (χ0v) is 12.1. The molecule has 0 aliphatic rings. The summed E-state index contributed by atoms with van der Waals surface area (Å²) in [5, 5.41) is 13.2. The van der Waals surface area contributed by atoms with E-state index in [1.165, 1.54) is 11.3 Å². The highest BCUT2D eigenvalue weighted by Gasteiger charge is 2.18. The first kappa shape index (κ1) is 14.5. The Hall–Kier alpha value is -1.93. The molecule has 20 heavy (non-hydrogen) atoms. The molecule has 1 unspecified atom stereocenters. The Balaban J connectivity index is 1.99. The predicted octanol–water partition coefficient (Wildman–Crippen LogP) is 2.20. The van der Waals surface area contributed by atoms with Crippen LogP contribution in [-0.2, 0) is 11.2 Å². The van der Waals surface area contributed by atoms with Crippen LogP contribution in [0.15, 0.2) is 22.1 Å². The molecule has 0 saturated heterocycles. The smallest absolute Gasteiger partial charge is 0.321 e.